The van der Waals surface area contributed by atoms with Gasteiger partial charge >= 0.3 is 0 Å². The second-order valence-corrected chi connectivity index (χ2v) is 12.7. The Morgan fingerprint density at radius 2 is 1.37 bits per heavy atom. The third kappa shape index (κ3) is 4.42. The van der Waals surface area contributed by atoms with E-state index in [-0.39, 0.29) is 0 Å². The minimum absolute atomic E-state index is 0.899. The van der Waals surface area contributed by atoms with E-state index in [2.05, 4.69) is 89.4 Å². The molecular weight excluding hydrogens is 483 g/mol. The summed E-state index contributed by atoms with van der Waals surface area (Å²) in [5.41, 5.74) is 5.50. The van der Waals surface area contributed by atoms with Crippen molar-refractivity contribution in [3.8, 4) is 27.9 Å². The fourth-order valence-corrected chi connectivity index (χ4v) is 8.61. The van der Waals surface area contributed by atoms with Gasteiger partial charge in [0.05, 0.1) is 5.30 Å². The fourth-order valence-electron chi connectivity index (χ4n) is 5.50. The lowest BCUT2D eigenvalue weighted by Crippen LogP contribution is -2.37. The Kier molecular flexibility index (Phi) is 6.79. The lowest BCUT2D eigenvalue weighted by Gasteiger charge is -2.15. The maximum absolute atomic E-state index is 15.2. The van der Waals surface area contributed by atoms with Gasteiger partial charge in [-0.25, -0.2) is 4.57 Å². The number of hydrogen-bond donors (Lipinski definition) is 0. The first-order chi connectivity index (χ1) is 18.7. The van der Waals surface area contributed by atoms with Crippen LogP contribution < -0.4 is 25.0 Å². The van der Waals surface area contributed by atoms with Crippen molar-refractivity contribution in [1.29, 1.82) is 0 Å². The normalized spacial score (nSPS) is 15.7. The number of benzene rings is 3. The maximum atomic E-state index is 15.2. The summed E-state index contributed by atoms with van der Waals surface area (Å²) in [5.74, 6) is 0. The molecule has 0 bridgehead atoms. The quantitative estimate of drug-likeness (QED) is 0.136. The van der Waals surface area contributed by atoms with Crippen molar-refractivity contribution in [3.63, 3.8) is 0 Å². The van der Waals surface area contributed by atoms with Crippen molar-refractivity contribution < 1.29 is 13.7 Å². The highest BCUT2D eigenvalue weighted by Crippen LogP contribution is 2.52. The molecule has 0 amide bonds. The van der Waals surface area contributed by atoms with Crippen molar-refractivity contribution in [1.82, 2.24) is 0 Å². The van der Waals surface area contributed by atoms with Crippen LogP contribution in [0.2, 0.25) is 0 Å². The molecule has 0 aliphatic carbocycles. The Hall–Kier alpha value is -3.81. The number of aryl methyl sites for hydroxylation is 1. The van der Waals surface area contributed by atoms with Gasteiger partial charge in [0.1, 0.15) is 6.54 Å². The van der Waals surface area contributed by atoms with Crippen molar-refractivity contribution >= 4 is 23.1 Å². The van der Waals surface area contributed by atoms with Crippen LogP contribution >= 0.6 is 7.14 Å². The largest absolute Gasteiger partial charge is 0.308 e. The molecule has 3 aromatic carbocycles. The van der Waals surface area contributed by atoms with Crippen LogP contribution in [-0.2, 0) is 11.1 Å². The molecule has 0 radical (unpaired) electrons. The van der Waals surface area contributed by atoms with Crippen LogP contribution in [-0.4, -0.2) is 0 Å². The van der Waals surface area contributed by atoms with Gasteiger partial charge in [-0.2, -0.15) is 4.57 Å². The van der Waals surface area contributed by atoms with Crippen LogP contribution in [0.3, 0.4) is 0 Å². The highest BCUT2D eigenvalue weighted by molar-refractivity contribution is 7.86. The first kappa shape index (κ1) is 24.5. The van der Waals surface area contributed by atoms with E-state index in [1.54, 1.807) is 0 Å². The first-order valence-corrected chi connectivity index (χ1v) is 15.3. The number of hydrogen-bond acceptors (Lipinski definition) is 1. The van der Waals surface area contributed by atoms with Crippen LogP contribution in [0.25, 0.3) is 27.9 Å². The molecular formula is C34H33N2OP+2. The number of para-hydroxylation sites is 1. The van der Waals surface area contributed by atoms with Crippen LogP contribution in [0.15, 0.2) is 122 Å². The van der Waals surface area contributed by atoms with Gasteiger partial charge in [0.15, 0.2) is 31.9 Å². The minimum atomic E-state index is -3.00. The molecule has 3 nitrogen and oxygen atoms in total. The summed E-state index contributed by atoms with van der Waals surface area (Å²) in [5, 5.41) is 2.81. The molecule has 1 aliphatic heterocycles. The Bertz CT molecular complexity index is 1610. The number of nitrogens with zero attached hydrogens (tertiary/aromatic N) is 2. The number of unbranched alkanes of at least 4 members (excludes halogenated alkanes) is 3. The summed E-state index contributed by atoms with van der Waals surface area (Å²) in [6.07, 6.45) is 13.3. The Morgan fingerprint density at radius 1 is 0.658 bits per heavy atom. The van der Waals surface area contributed by atoms with Gasteiger partial charge in [-0.3, -0.25) is 0 Å². The zero-order chi connectivity index (χ0) is 26.0. The summed E-state index contributed by atoms with van der Waals surface area (Å²) in [6.45, 7) is 3.19. The van der Waals surface area contributed by atoms with Crippen molar-refractivity contribution in [2.45, 2.75) is 39.2 Å². The molecule has 1 unspecified atom stereocenters. The lowest BCUT2D eigenvalue weighted by molar-refractivity contribution is -0.696. The zero-order valence-electron chi connectivity index (χ0n) is 21.8. The topological polar surface area (TPSA) is 24.8 Å². The monoisotopic (exact) mass is 516 g/mol. The highest BCUT2D eigenvalue weighted by atomic mass is 31.2. The molecule has 0 spiro atoms. The van der Waals surface area contributed by atoms with Gasteiger partial charge in [-0.05, 0) is 29.2 Å². The molecule has 0 N–H and O–H groups in total. The van der Waals surface area contributed by atoms with Gasteiger partial charge in [-0.15, -0.1) is 0 Å². The molecule has 188 valence electrons. The standard InChI is InChI=1S/C34H33N2OP/c1-2-3-4-11-21-35-22-20-32-31-17-16-28(27-18-23-36(24-19-27)29-12-7-5-8-13-29)25-33(31)38(37,34(32)26-35)30-14-9-6-10-15-30/h5-10,12-20,22-26H,2-4,11,21H2,1H3/q+2. The summed E-state index contributed by atoms with van der Waals surface area (Å²) in [4.78, 5) is 0. The number of pyridine rings is 2. The molecule has 6 rings (SSSR count). The minimum Gasteiger partial charge on any atom is -0.308 e. The zero-order valence-corrected chi connectivity index (χ0v) is 22.7. The van der Waals surface area contributed by atoms with E-state index in [1.807, 2.05) is 48.5 Å². The molecule has 1 aliphatic rings. The van der Waals surface area contributed by atoms with E-state index in [9.17, 15) is 0 Å². The van der Waals surface area contributed by atoms with Crippen LogP contribution in [0.4, 0.5) is 0 Å². The van der Waals surface area contributed by atoms with E-state index in [0.717, 1.165) is 56.8 Å². The number of aromatic nitrogens is 2. The Balaban J connectivity index is 1.41. The second kappa shape index (κ2) is 10.5. The summed E-state index contributed by atoms with van der Waals surface area (Å²) in [6, 6.07) is 33.3. The van der Waals surface area contributed by atoms with Crippen LogP contribution in [0, 0.1) is 0 Å². The average Bonchev–Trinajstić information content (AvgIpc) is 3.24. The third-order valence-electron chi connectivity index (χ3n) is 7.57. The summed E-state index contributed by atoms with van der Waals surface area (Å²) >= 11 is 0. The molecule has 0 saturated carbocycles. The molecule has 0 fully saturated rings. The van der Waals surface area contributed by atoms with Crippen LogP contribution in [0.1, 0.15) is 32.6 Å². The molecule has 0 saturated heterocycles. The highest BCUT2D eigenvalue weighted by Gasteiger charge is 2.42. The molecule has 1 atom stereocenters. The molecule has 3 heterocycles. The number of rotatable bonds is 8. The molecule has 38 heavy (non-hydrogen) atoms. The summed E-state index contributed by atoms with van der Waals surface area (Å²) < 4.78 is 19.5. The van der Waals surface area contributed by atoms with Crippen LogP contribution in [0.5, 0.6) is 0 Å². The fraction of sp³-hybridized carbons (Fsp3) is 0.176. The predicted octanol–water partition coefficient (Wildman–Crippen LogP) is 6.12. The predicted molar refractivity (Wildman–Crippen MR) is 156 cm³/mol. The smallest absolute Gasteiger partial charge is 0.210 e. The van der Waals surface area contributed by atoms with Crippen molar-refractivity contribution in [3.05, 3.63) is 122 Å². The molecule has 2 aromatic heterocycles. The third-order valence-corrected chi connectivity index (χ3v) is 10.7. The van der Waals surface area contributed by atoms with E-state index >= 15 is 4.57 Å². The van der Waals surface area contributed by atoms with Gasteiger partial charge in [0.2, 0.25) is 5.69 Å². The van der Waals surface area contributed by atoms with Gasteiger partial charge in [0, 0.05) is 52.9 Å². The maximum Gasteiger partial charge on any atom is 0.210 e. The molecule has 5 aromatic rings. The van der Waals surface area contributed by atoms with E-state index in [4.69, 9.17) is 0 Å². The SMILES string of the molecule is CCCCCC[n+]1ccc2c(c1)P(=O)(c1ccccc1)c1cc(-c3cc[n+](-c4ccccc4)cc3)ccc1-2. The van der Waals surface area contributed by atoms with Gasteiger partial charge in [-0.1, -0.05) is 80.4 Å². The Morgan fingerprint density at radius 3 is 2.11 bits per heavy atom. The molecule has 4 heteroatoms. The first-order valence-electron chi connectivity index (χ1n) is 13.6. The van der Waals surface area contributed by atoms with E-state index < -0.39 is 7.14 Å². The van der Waals surface area contributed by atoms with E-state index in [1.165, 1.54) is 19.3 Å². The van der Waals surface area contributed by atoms with Crippen molar-refractivity contribution in [2.75, 3.05) is 0 Å². The Labute approximate surface area is 225 Å². The van der Waals surface area contributed by atoms with Crippen molar-refractivity contribution in [2.24, 2.45) is 0 Å². The van der Waals surface area contributed by atoms with E-state index in [0.29, 0.717) is 0 Å². The average molecular weight is 517 g/mol. The number of fused-ring (bicyclic) bond motifs is 3. The van der Waals surface area contributed by atoms with Gasteiger partial charge < -0.3 is 4.57 Å². The summed E-state index contributed by atoms with van der Waals surface area (Å²) in [7, 11) is -3.00. The second-order valence-electron chi connectivity index (χ2n) is 10.0. The van der Waals surface area contributed by atoms with Gasteiger partial charge in [0.25, 0.3) is 0 Å². The lowest BCUT2D eigenvalue weighted by atomic mass is 10.0.